The van der Waals surface area contributed by atoms with Crippen molar-refractivity contribution in [1.82, 2.24) is 5.32 Å². The Morgan fingerprint density at radius 2 is 2.33 bits per heavy atom. The summed E-state index contributed by atoms with van der Waals surface area (Å²) in [7, 11) is 0. The Hall–Kier alpha value is 0.0500. The van der Waals surface area contributed by atoms with Crippen molar-refractivity contribution in [2.45, 2.75) is 13.0 Å². The molecule has 0 radical (unpaired) electrons. The van der Waals surface area contributed by atoms with Gasteiger partial charge in [-0.15, -0.1) is 0 Å². The average Bonchev–Trinajstić information content (AvgIpc) is 1.80. The molecule has 0 saturated heterocycles. The predicted molar refractivity (Wildman–Crippen MR) is 43.5 cm³/mol. The highest BCUT2D eigenvalue weighted by Gasteiger charge is 2.08. The van der Waals surface area contributed by atoms with Gasteiger partial charge in [0, 0.05) is 4.48 Å². The van der Waals surface area contributed by atoms with Gasteiger partial charge in [0.05, 0.1) is 6.04 Å². The Bertz CT molecular complexity index is 174. The van der Waals surface area contributed by atoms with Crippen LogP contribution in [0.2, 0.25) is 0 Å². The third kappa shape index (κ3) is 1.73. The summed E-state index contributed by atoms with van der Waals surface area (Å²) in [5.41, 5.74) is 0. The van der Waals surface area contributed by atoms with Gasteiger partial charge in [-0.2, -0.15) is 0 Å². The Morgan fingerprint density at radius 3 is 2.78 bits per heavy atom. The summed E-state index contributed by atoms with van der Waals surface area (Å²) in [5.74, 6) is 0. The van der Waals surface area contributed by atoms with Gasteiger partial charge in [-0.3, -0.25) is 0 Å². The minimum atomic E-state index is 0.308. The summed E-state index contributed by atoms with van der Waals surface area (Å²) < 4.78 is 1.13. The van der Waals surface area contributed by atoms with Crippen molar-refractivity contribution in [1.29, 1.82) is 0 Å². The Morgan fingerprint density at radius 1 is 1.67 bits per heavy atom. The standard InChI is InChI=1S/C6H7BrClN/c1-4-5(7)2-3-6(8)9-4/h2-4,9H,1H3. The molecule has 0 spiro atoms. The SMILES string of the molecule is CC1NC(Cl)=CC=C1Br. The van der Waals surface area contributed by atoms with E-state index in [1.165, 1.54) is 0 Å². The van der Waals surface area contributed by atoms with E-state index >= 15 is 0 Å². The quantitative estimate of drug-likeness (QED) is 0.603. The zero-order valence-corrected chi connectivity index (χ0v) is 7.33. The van der Waals surface area contributed by atoms with E-state index < -0.39 is 0 Å². The van der Waals surface area contributed by atoms with Crippen LogP contribution < -0.4 is 5.32 Å². The normalized spacial score (nSPS) is 26.3. The second-order valence-electron chi connectivity index (χ2n) is 1.93. The molecule has 0 fully saturated rings. The number of allylic oxidation sites excluding steroid dienone is 2. The molecule has 3 heteroatoms. The van der Waals surface area contributed by atoms with Crippen molar-refractivity contribution >= 4 is 27.5 Å². The fraction of sp³-hybridized carbons (Fsp3) is 0.333. The van der Waals surface area contributed by atoms with E-state index in [0.717, 1.165) is 4.48 Å². The average molecular weight is 208 g/mol. The number of rotatable bonds is 0. The number of hydrogen-bond donors (Lipinski definition) is 1. The zero-order valence-electron chi connectivity index (χ0n) is 4.99. The van der Waals surface area contributed by atoms with Gasteiger partial charge in [-0.25, -0.2) is 0 Å². The summed E-state index contributed by atoms with van der Waals surface area (Å²) in [6, 6.07) is 0.308. The minimum absolute atomic E-state index is 0.308. The van der Waals surface area contributed by atoms with E-state index in [2.05, 4.69) is 21.2 Å². The maximum atomic E-state index is 5.66. The Labute approximate surface area is 67.9 Å². The monoisotopic (exact) mass is 207 g/mol. The lowest BCUT2D eigenvalue weighted by molar-refractivity contribution is 0.741. The molecule has 1 aliphatic heterocycles. The van der Waals surface area contributed by atoms with Gasteiger partial charge in [-0.05, 0) is 19.1 Å². The van der Waals surface area contributed by atoms with E-state index in [9.17, 15) is 0 Å². The minimum Gasteiger partial charge on any atom is -0.369 e. The molecule has 1 atom stereocenters. The predicted octanol–water partition coefficient (Wildman–Crippen LogP) is 2.34. The highest BCUT2D eigenvalue weighted by molar-refractivity contribution is 9.11. The van der Waals surface area contributed by atoms with E-state index in [4.69, 9.17) is 11.6 Å². The van der Waals surface area contributed by atoms with Crippen LogP contribution in [-0.2, 0) is 0 Å². The number of nitrogens with one attached hydrogen (secondary N) is 1. The number of hydrogen-bond acceptors (Lipinski definition) is 1. The number of dihydropyridines is 1. The summed E-state index contributed by atoms with van der Waals surface area (Å²) in [6.07, 6.45) is 3.77. The van der Waals surface area contributed by atoms with Crippen molar-refractivity contribution in [3.05, 3.63) is 21.8 Å². The highest BCUT2D eigenvalue weighted by atomic mass is 79.9. The summed E-state index contributed by atoms with van der Waals surface area (Å²) >= 11 is 9.04. The molecule has 1 nitrogen and oxygen atoms in total. The van der Waals surface area contributed by atoms with Gasteiger partial charge >= 0.3 is 0 Å². The van der Waals surface area contributed by atoms with E-state index in [1.807, 2.05) is 19.1 Å². The van der Waals surface area contributed by atoms with E-state index in [0.29, 0.717) is 11.2 Å². The molecule has 0 aromatic rings. The molecule has 1 rings (SSSR count). The van der Waals surface area contributed by atoms with Gasteiger partial charge in [-0.1, -0.05) is 27.5 Å². The van der Waals surface area contributed by atoms with Gasteiger partial charge in [0.25, 0.3) is 0 Å². The summed E-state index contributed by atoms with van der Waals surface area (Å²) in [5, 5.41) is 3.74. The second-order valence-corrected chi connectivity index (χ2v) is 3.26. The summed E-state index contributed by atoms with van der Waals surface area (Å²) in [6.45, 7) is 2.04. The van der Waals surface area contributed by atoms with Crippen molar-refractivity contribution in [2.75, 3.05) is 0 Å². The summed E-state index contributed by atoms with van der Waals surface area (Å²) in [4.78, 5) is 0. The lowest BCUT2D eigenvalue weighted by atomic mass is 10.2. The van der Waals surface area contributed by atoms with Crippen molar-refractivity contribution in [3.8, 4) is 0 Å². The molecule has 1 N–H and O–H groups in total. The van der Waals surface area contributed by atoms with Crippen LogP contribution in [0, 0.1) is 0 Å². The van der Waals surface area contributed by atoms with Crippen molar-refractivity contribution < 1.29 is 0 Å². The molecular weight excluding hydrogens is 201 g/mol. The van der Waals surface area contributed by atoms with Crippen LogP contribution in [0.1, 0.15) is 6.92 Å². The Kier molecular flexibility index (Phi) is 2.19. The molecule has 0 aromatic carbocycles. The maximum absolute atomic E-state index is 5.66. The molecule has 0 saturated carbocycles. The van der Waals surface area contributed by atoms with Crippen LogP contribution >= 0.6 is 27.5 Å². The molecule has 1 aliphatic rings. The Balaban J connectivity index is 2.74. The van der Waals surface area contributed by atoms with Crippen LogP contribution in [0.5, 0.6) is 0 Å². The molecule has 0 amide bonds. The maximum Gasteiger partial charge on any atom is 0.102 e. The van der Waals surface area contributed by atoms with E-state index in [-0.39, 0.29) is 0 Å². The molecule has 0 aliphatic carbocycles. The first-order chi connectivity index (χ1) is 4.20. The van der Waals surface area contributed by atoms with Gasteiger partial charge in [0.2, 0.25) is 0 Å². The number of halogens is 2. The van der Waals surface area contributed by atoms with Gasteiger partial charge in [0.1, 0.15) is 5.16 Å². The topological polar surface area (TPSA) is 12.0 Å². The van der Waals surface area contributed by atoms with Gasteiger partial charge < -0.3 is 5.32 Å². The van der Waals surface area contributed by atoms with Gasteiger partial charge in [0.15, 0.2) is 0 Å². The molecule has 50 valence electrons. The van der Waals surface area contributed by atoms with E-state index in [1.54, 1.807) is 0 Å². The molecule has 1 unspecified atom stereocenters. The van der Waals surface area contributed by atoms with Crippen LogP contribution in [-0.4, -0.2) is 6.04 Å². The van der Waals surface area contributed by atoms with Crippen LogP contribution in [0.25, 0.3) is 0 Å². The third-order valence-electron chi connectivity index (χ3n) is 1.16. The third-order valence-corrected chi connectivity index (χ3v) is 2.34. The first kappa shape index (κ1) is 7.16. The van der Waals surface area contributed by atoms with Crippen molar-refractivity contribution in [3.63, 3.8) is 0 Å². The first-order valence-electron chi connectivity index (χ1n) is 2.69. The second kappa shape index (κ2) is 2.76. The highest BCUT2D eigenvalue weighted by Crippen LogP contribution is 2.17. The lowest BCUT2D eigenvalue weighted by Gasteiger charge is -2.16. The fourth-order valence-corrected chi connectivity index (χ4v) is 1.09. The molecule has 9 heavy (non-hydrogen) atoms. The van der Waals surface area contributed by atoms with Crippen LogP contribution in [0.3, 0.4) is 0 Å². The molecule has 0 aromatic heterocycles. The first-order valence-corrected chi connectivity index (χ1v) is 3.86. The molecule has 0 bridgehead atoms. The molecule has 1 heterocycles. The smallest absolute Gasteiger partial charge is 0.102 e. The van der Waals surface area contributed by atoms with Crippen molar-refractivity contribution in [2.24, 2.45) is 0 Å². The van der Waals surface area contributed by atoms with Crippen LogP contribution in [0.15, 0.2) is 21.8 Å². The fourth-order valence-electron chi connectivity index (χ4n) is 0.621. The molecular formula is C6H7BrClN. The van der Waals surface area contributed by atoms with Crippen LogP contribution in [0.4, 0.5) is 0 Å². The lowest BCUT2D eigenvalue weighted by Crippen LogP contribution is -2.25. The zero-order chi connectivity index (χ0) is 6.85. The largest absolute Gasteiger partial charge is 0.369 e.